The van der Waals surface area contributed by atoms with E-state index in [0.717, 1.165) is 12.8 Å². The summed E-state index contributed by atoms with van der Waals surface area (Å²) in [6.45, 7) is 4.48. The molecule has 0 spiro atoms. The van der Waals surface area contributed by atoms with Gasteiger partial charge >= 0.3 is 0 Å². The van der Waals surface area contributed by atoms with Crippen LogP contribution in [0.5, 0.6) is 0 Å². The maximum Gasteiger partial charge on any atom is 0.141 e. The second-order valence-corrected chi connectivity index (χ2v) is 7.32. The highest BCUT2D eigenvalue weighted by molar-refractivity contribution is 5.86. The second-order valence-electron chi connectivity index (χ2n) is 7.32. The molecule has 0 aliphatic heterocycles. The third-order valence-electron chi connectivity index (χ3n) is 5.85. The van der Waals surface area contributed by atoms with E-state index in [1.165, 1.54) is 64.2 Å². The summed E-state index contributed by atoms with van der Waals surface area (Å²) < 4.78 is 0. The topological polar surface area (TPSA) is 17.1 Å². The molecule has 0 aromatic carbocycles. The van der Waals surface area contributed by atoms with Crippen molar-refractivity contribution in [1.82, 2.24) is 0 Å². The number of ketones is 1. The average molecular weight is 264 g/mol. The van der Waals surface area contributed by atoms with Crippen LogP contribution in [-0.4, -0.2) is 5.78 Å². The summed E-state index contributed by atoms with van der Waals surface area (Å²) in [7, 11) is 0. The van der Waals surface area contributed by atoms with Crippen LogP contribution in [-0.2, 0) is 4.79 Å². The van der Waals surface area contributed by atoms with Gasteiger partial charge in [0, 0.05) is 11.3 Å². The zero-order valence-electron chi connectivity index (χ0n) is 13.0. The first kappa shape index (κ1) is 15.1. The molecule has 110 valence electrons. The molecular weight excluding hydrogens is 232 g/mol. The second kappa shape index (κ2) is 6.90. The van der Waals surface area contributed by atoms with Gasteiger partial charge in [-0.05, 0) is 31.6 Å². The van der Waals surface area contributed by atoms with Crippen molar-refractivity contribution >= 4 is 5.78 Å². The molecule has 2 fully saturated rings. The normalized spacial score (nSPS) is 36.1. The summed E-state index contributed by atoms with van der Waals surface area (Å²) in [5.41, 5.74) is -0.00280. The molecule has 0 radical (unpaired) electrons. The van der Waals surface area contributed by atoms with Crippen LogP contribution in [0.3, 0.4) is 0 Å². The largest absolute Gasteiger partial charge is 0.299 e. The molecule has 0 saturated heterocycles. The maximum absolute atomic E-state index is 12.9. The van der Waals surface area contributed by atoms with E-state index in [-0.39, 0.29) is 5.41 Å². The SMILES string of the molecule is CC1CCCCCC(C)(C2CCCCCCC2)C1=O. The lowest BCUT2D eigenvalue weighted by atomic mass is 9.62. The summed E-state index contributed by atoms with van der Waals surface area (Å²) in [4.78, 5) is 12.9. The van der Waals surface area contributed by atoms with Crippen LogP contribution in [0.2, 0.25) is 0 Å². The Bertz CT molecular complexity index is 288. The minimum absolute atomic E-state index is 0.00280. The number of rotatable bonds is 1. The van der Waals surface area contributed by atoms with E-state index in [2.05, 4.69) is 13.8 Å². The molecule has 2 unspecified atom stereocenters. The van der Waals surface area contributed by atoms with E-state index in [0.29, 0.717) is 17.6 Å². The molecule has 0 N–H and O–H groups in total. The summed E-state index contributed by atoms with van der Waals surface area (Å²) in [6.07, 6.45) is 15.6. The molecule has 0 heterocycles. The van der Waals surface area contributed by atoms with Crippen molar-refractivity contribution in [1.29, 1.82) is 0 Å². The van der Waals surface area contributed by atoms with Crippen LogP contribution >= 0.6 is 0 Å². The van der Waals surface area contributed by atoms with Gasteiger partial charge in [-0.1, -0.05) is 65.2 Å². The Kier molecular flexibility index (Phi) is 5.47. The van der Waals surface area contributed by atoms with E-state index in [1.807, 2.05) is 0 Å². The summed E-state index contributed by atoms with van der Waals surface area (Å²) in [5.74, 6) is 1.56. The number of hydrogen-bond acceptors (Lipinski definition) is 1. The van der Waals surface area contributed by atoms with Crippen molar-refractivity contribution in [3.63, 3.8) is 0 Å². The Hall–Kier alpha value is -0.330. The predicted octanol–water partition coefficient (Wildman–Crippen LogP) is 5.52. The third-order valence-corrected chi connectivity index (χ3v) is 5.85. The van der Waals surface area contributed by atoms with E-state index >= 15 is 0 Å². The fourth-order valence-corrected chi connectivity index (χ4v) is 4.44. The standard InChI is InChI=1S/C18H32O/c1-15-11-7-6-10-14-18(2,17(15)19)16-12-8-4-3-5-9-13-16/h15-16H,3-14H2,1-2H3. The molecule has 2 rings (SSSR count). The molecule has 2 atom stereocenters. The fraction of sp³-hybridized carbons (Fsp3) is 0.944. The summed E-state index contributed by atoms with van der Waals surface area (Å²) >= 11 is 0. The van der Waals surface area contributed by atoms with Crippen LogP contribution in [0.15, 0.2) is 0 Å². The van der Waals surface area contributed by atoms with Crippen molar-refractivity contribution in [2.75, 3.05) is 0 Å². The quantitative estimate of drug-likeness (QED) is 0.609. The predicted molar refractivity (Wildman–Crippen MR) is 81.2 cm³/mol. The molecule has 1 nitrogen and oxygen atoms in total. The van der Waals surface area contributed by atoms with Crippen LogP contribution < -0.4 is 0 Å². The summed E-state index contributed by atoms with van der Waals surface area (Å²) in [6, 6.07) is 0. The van der Waals surface area contributed by atoms with Gasteiger partial charge in [0.25, 0.3) is 0 Å². The fourth-order valence-electron chi connectivity index (χ4n) is 4.44. The Morgan fingerprint density at radius 3 is 2.05 bits per heavy atom. The highest BCUT2D eigenvalue weighted by Crippen LogP contribution is 2.44. The number of hydrogen-bond donors (Lipinski definition) is 0. The van der Waals surface area contributed by atoms with Crippen molar-refractivity contribution in [2.24, 2.45) is 17.3 Å². The molecule has 2 saturated carbocycles. The zero-order chi connectivity index (χ0) is 13.7. The first-order chi connectivity index (χ1) is 9.14. The molecule has 2 aliphatic carbocycles. The van der Waals surface area contributed by atoms with Gasteiger partial charge < -0.3 is 0 Å². The summed E-state index contributed by atoms with van der Waals surface area (Å²) in [5, 5.41) is 0. The lowest BCUT2D eigenvalue weighted by Gasteiger charge is -2.40. The molecule has 0 aromatic heterocycles. The van der Waals surface area contributed by atoms with Gasteiger partial charge in [0.2, 0.25) is 0 Å². The van der Waals surface area contributed by atoms with Crippen molar-refractivity contribution in [3.05, 3.63) is 0 Å². The van der Waals surface area contributed by atoms with Crippen LogP contribution in [0.4, 0.5) is 0 Å². The monoisotopic (exact) mass is 264 g/mol. The van der Waals surface area contributed by atoms with Gasteiger partial charge in [-0.2, -0.15) is 0 Å². The van der Waals surface area contributed by atoms with Gasteiger partial charge in [-0.15, -0.1) is 0 Å². The van der Waals surface area contributed by atoms with Crippen molar-refractivity contribution < 1.29 is 4.79 Å². The van der Waals surface area contributed by atoms with E-state index in [4.69, 9.17) is 0 Å². The molecule has 1 heteroatoms. The highest BCUT2D eigenvalue weighted by Gasteiger charge is 2.42. The smallest absolute Gasteiger partial charge is 0.141 e. The van der Waals surface area contributed by atoms with E-state index < -0.39 is 0 Å². The molecule has 0 aromatic rings. The highest BCUT2D eigenvalue weighted by atomic mass is 16.1. The molecule has 0 amide bonds. The van der Waals surface area contributed by atoms with Gasteiger partial charge in [0.1, 0.15) is 5.78 Å². The molecular formula is C18H32O. The van der Waals surface area contributed by atoms with Gasteiger partial charge in [0.15, 0.2) is 0 Å². The lowest BCUT2D eigenvalue weighted by Crippen LogP contribution is -2.40. The van der Waals surface area contributed by atoms with Crippen LogP contribution in [0.1, 0.15) is 90.9 Å². The maximum atomic E-state index is 12.9. The Labute approximate surface area is 119 Å². The lowest BCUT2D eigenvalue weighted by molar-refractivity contribution is -0.136. The number of carbonyl (C=O) groups excluding carboxylic acids is 1. The van der Waals surface area contributed by atoms with Gasteiger partial charge in [-0.25, -0.2) is 0 Å². The third kappa shape index (κ3) is 3.61. The Morgan fingerprint density at radius 1 is 0.842 bits per heavy atom. The Morgan fingerprint density at radius 2 is 1.37 bits per heavy atom. The van der Waals surface area contributed by atoms with Crippen LogP contribution in [0.25, 0.3) is 0 Å². The minimum atomic E-state index is -0.00280. The first-order valence-corrected chi connectivity index (χ1v) is 8.69. The number of carbonyl (C=O) groups is 1. The molecule has 2 aliphatic rings. The van der Waals surface area contributed by atoms with Crippen molar-refractivity contribution in [2.45, 2.75) is 90.9 Å². The van der Waals surface area contributed by atoms with Crippen LogP contribution in [0, 0.1) is 17.3 Å². The molecule has 19 heavy (non-hydrogen) atoms. The zero-order valence-corrected chi connectivity index (χ0v) is 13.0. The van der Waals surface area contributed by atoms with Gasteiger partial charge in [-0.3, -0.25) is 4.79 Å². The average Bonchev–Trinajstić information content (AvgIpc) is 2.35. The van der Waals surface area contributed by atoms with Gasteiger partial charge in [0.05, 0.1) is 0 Å². The van der Waals surface area contributed by atoms with E-state index in [1.54, 1.807) is 0 Å². The number of Topliss-reactive ketones (excluding diaryl/α,β-unsaturated/α-hetero) is 1. The molecule has 0 bridgehead atoms. The Balaban J connectivity index is 2.12. The first-order valence-electron chi connectivity index (χ1n) is 8.69. The van der Waals surface area contributed by atoms with E-state index in [9.17, 15) is 4.79 Å². The minimum Gasteiger partial charge on any atom is -0.299 e. The van der Waals surface area contributed by atoms with Crippen molar-refractivity contribution in [3.8, 4) is 0 Å².